The van der Waals surface area contributed by atoms with Crippen molar-refractivity contribution < 1.29 is 42.1 Å². The Hall–Kier alpha value is -2.29. The van der Waals surface area contributed by atoms with Crippen molar-refractivity contribution >= 4 is 19.8 Å². The predicted octanol–water partition coefficient (Wildman–Crippen LogP) is 26.7. The van der Waals surface area contributed by atoms with Gasteiger partial charge in [0.05, 0.1) is 27.7 Å². The van der Waals surface area contributed by atoms with E-state index in [4.69, 9.17) is 18.5 Å². The molecule has 0 bridgehead atoms. The summed E-state index contributed by atoms with van der Waals surface area (Å²) in [5.74, 6) is -0.808. The first-order chi connectivity index (χ1) is 46.0. The van der Waals surface area contributed by atoms with Crippen LogP contribution in [0.15, 0.2) is 60.8 Å². The number of nitrogens with zero attached hydrogens (tertiary/aromatic N) is 1. The normalized spacial score (nSPS) is 13.3. The zero-order chi connectivity index (χ0) is 68.3. The highest BCUT2D eigenvalue weighted by atomic mass is 31.2. The van der Waals surface area contributed by atoms with Gasteiger partial charge in [0.2, 0.25) is 0 Å². The van der Waals surface area contributed by atoms with Crippen molar-refractivity contribution in [2.75, 3.05) is 47.5 Å². The van der Waals surface area contributed by atoms with Crippen molar-refractivity contribution in [2.24, 2.45) is 0 Å². The Morgan fingerprint density at radius 3 is 0.915 bits per heavy atom. The second kappa shape index (κ2) is 74.9. The van der Waals surface area contributed by atoms with Crippen LogP contribution in [0.25, 0.3) is 0 Å². The summed E-state index contributed by atoms with van der Waals surface area (Å²) in [6.07, 6.45) is 101. The summed E-state index contributed by atoms with van der Waals surface area (Å²) in [5, 5.41) is 0. The Bertz CT molecular complexity index is 1770. The van der Waals surface area contributed by atoms with E-state index in [1.54, 1.807) is 0 Å². The lowest BCUT2D eigenvalue weighted by atomic mass is 10.0. The number of carbonyl (C=O) groups is 2. The molecule has 0 fully saturated rings. The molecule has 0 amide bonds. The second-order valence-corrected chi connectivity index (χ2v) is 30.5. The van der Waals surface area contributed by atoms with Crippen LogP contribution in [0, 0.1) is 0 Å². The van der Waals surface area contributed by atoms with E-state index in [2.05, 4.69) is 74.6 Å². The van der Waals surface area contributed by atoms with Gasteiger partial charge in [0.25, 0.3) is 7.82 Å². The highest BCUT2D eigenvalue weighted by Crippen LogP contribution is 2.38. The fraction of sp³-hybridized carbons (Fsp3) is 0.857. The first-order valence-electron chi connectivity index (χ1n) is 41.0. The molecule has 0 saturated heterocycles. The third kappa shape index (κ3) is 78.7. The fourth-order valence-electron chi connectivity index (χ4n) is 12.3. The molecule has 0 aliphatic heterocycles. The summed E-state index contributed by atoms with van der Waals surface area (Å²) in [5.41, 5.74) is 0. The minimum atomic E-state index is -4.64. The number of ether oxygens (including phenoxy) is 2. The van der Waals surface area contributed by atoms with Crippen LogP contribution < -0.4 is 4.89 Å². The van der Waals surface area contributed by atoms with Crippen molar-refractivity contribution in [3.05, 3.63) is 60.8 Å². The highest BCUT2D eigenvalue weighted by Gasteiger charge is 2.22. The van der Waals surface area contributed by atoms with Gasteiger partial charge >= 0.3 is 11.9 Å². The molecular formula is C84H158NO8P. The molecule has 0 N–H and O–H groups in total. The summed E-state index contributed by atoms with van der Waals surface area (Å²) in [4.78, 5) is 38.2. The Labute approximate surface area is 585 Å². The molecule has 94 heavy (non-hydrogen) atoms. The van der Waals surface area contributed by atoms with Gasteiger partial charge in [-0.25, -0.2) is 0 Å². The first-order valence-corrected chi connectivity index (χ1v) is 42.5. The van der Waals surface area contributed by atoms with Crippen LogP contribution in [0.4, 0.5) is 0 Å². The third-order valence-electron chi connectivity index (χ3n) is 18.5. The number of unbranched alkanes of at least 4 members (excludes halogenated alkanes) is 53. The van der Waals surface area contributed by atoms with E-state index in [1.165, 1.54) is 321 Å². The molecule has 0 heterocycles. The number of hydrogen-bond acceptors (Lipinski definition) is 8. The molecule has 2 atom stereocenters. The molecule has 0 spiro atoms. The number of phosphoric acid groups is 1. The summed E-state index contributed by atoms with van der Waals surface area (Å²) in [6, 6.07) is 0. The summed E-state index contributed by atoms with van der Waals surface area (Å²) in [6.45, 7) is 4.20. The van der Waals surface area contributed by atoms with E-state index in [-0.39, 0.29) is 32.0 Å². The van der Waals surface area contributed by atoms with Gasteiger partial charge in [0.1, 0.15) is 19.8 Å². The fourth-order valence-corrected chi connectivity index (χ4v) is 13.0. The molecule has 0 aliphatic carbocycles. The lowest BCUT2D eigenvalue weighted by Crippen LogP contribution is -2.37. The Balaban J connectivity index is 3.89. The quantitative estimate of drug-likeness (QED) is 0.0195. The number of allylic oxidation sites excluding steroid dienone is 10. The highest BCUT2D eigenvalue weighted by molar-refractivity contribution is 7.45. The van der Waals surface area contributed by atoms with Gasteiger partial charge in [0, 0.05) is 12.8 Å². The van der Waals surface area contributed by atoms with Crippen LogP contribution in [0.1, 0.15) is 412 Å². The summed E-state index contributed by atoms with van der Waals surface area (Å²) < 4.78 is 34.4. The molecule has 0 rings (SSSR count). The SMILES string of the molecule is CC/C=C\C/C=C\C/C=C\C/C=C\CCCCCCCCCCCCCCCCCCCCCCCCCCCCC(=O)OC(COC(=O)CCCCCCCCCCCCCCCCCCCCC/C=C\CCCCCCCCCC)COP(=O)([O-])OCC[N+](C)(C)C. The molecule has 0 saturated carbocycles. The van der Waals surface area contributed by atoms with Gasteiger partial charge in [-0.05, 0) is 77.0 Å². The van der Waals surface area contributed by atoms with Crippen LogP contribution in [0.2, 0.25) is 0 Å². The van der Waals surface area contributed by atoms with E-state index < -0.39 is 26.5 Å². The summed E-state index contributed by atoms with van der Waals surface area (Å²) in [7, 11) is 1.19. The number of esters is 2. The molecule has 0 aromatic carbocycles. The van der Waals surface area contributed by atoms with Crippen LogP contribution >= 0.6 is 7.82 Å². The number of carbonyl (C=O) groups excluding carboxylic acids is 2. The van der Waals surface area contributed by atoms with Crippen molar-refractivity contribution in [3.63, 3.8) is 0 Å². The summed E-state index contributed by atoms with van der Waals surface area (Å²) >= 11 is 0. The minimum Gasteiger partial charge on any atom is -0.756 e. The van der Waals surface area contributed by atoms with Crippen LogP contribution in [-0.2, 0) is 32.7 Å². The predicted molar refractivity (Wildman–Crippen MR) is 407 cm³/mol. The van der Waals surface area contributed by atoms with Gasteiger partial charge in [-0.3, -0.25) is 14.2 Å². The number of hydrogen-bond donors (Lipinski definition) is 0. The molecule has 9 nitrogen and oxygen atoms in total. The number of phosphoric ester groups is 1. The smallest absolute Gasteiger partial charge is 0.306 e. The zero-order valence-corrected chi connectivity index (χ0v) is 64.1. The average molecular weight is 1340 g/mol. The van der Waals surface area contributed by atoms with Crippen molar-refractivity contribution in [1.82, 2.24) is 0 Å². The van der Waals surface area contributed by atoms with Gasteiger partial charge in [0.15, 0.2) is 6.10 Å². The van der Waals surface area contributed by atoms with E-state index >= 15 is 0 Å². The van der Waals surface area contributed by atoms with Crippen LogP contribution in [0.3, 0.4) is 0 Å². The maximum atomic E-state index is 12.9. The Morgan fingerprint density at radius 1 is 0.340 bits per heavy atom. The topological polar surface area (TPSA) is 111 Å². The number of rotatable bonds is 77. The minimum absolute atomic E-state index is 0.0279. The molecule has 0 aliphatic rings. The maximum absolute atomic E-state index is 12.9. The Morgan fingerprint density at radius 2 is 0.606 bits per heavy atom. The number of likely N-dealkylation sites (N-methyl/N-ethyl adjacent to an activating group) is 1. The van der Waals surface area contributed by atoms with E-state index in [0.29, 0.717) is 17.4 Å². The van der Waals surface area contributed by atoms with Gasteiger partial charge in [-0.15, -0.1) is 0 Å². The van der Waals surface area contributed by atoms with Gasteiger partial charge in [-0.1, -0.05) is 383 Å². The maximum Gasteiger partial charge on any atom is 0.306 e. The van der Waals surface area contributed by atoms with E-state index in [1.807, 2.05) is 21.1 Å². The zero-order valence-electron chi connectivity index (χ0n) is 63.2. The van der Waals surface area contributed by atoms with E-state index in [0.717, 1.165) is 57.8 Å². The average Bonchev–Trinajstić information content (AvgIpc) is 1.56. The molecule has 0 aromatic rings. The monoisotopic (exact) mass is 1340 g/mol. The largest absolute Gasteiger partial charge is 0.756 e. The van der Waals surface area contributed by atoms with Crippen molar-refractivity contribution in [1.29, 1.82) is 0 Å². The number of quaternary nitrogens is 1. The van der Waals surface area contributed by atoms with Crippen molar-refractivity contribution in [2.45, 2.75) is 418 Å². The molecule has 10 heteroatoms. The lowest BCUT2D eigenvalue weighted by molar-refractivity contribution is -0.870. The molecule has 552 valence electrons. The third-order valence-corrected chi connectivity index (χ3v) is 19.5. The van der Waals surface area contributed by atoms with Crippen LogP contribution in [0.5, 0.6) is 0 Å². The second-order valence-electron chi connectivity index (χ2n) is 29.1. The molecule has 0 radical (unpaired) electrons. The molecule has 0 aromatic heterocycles. The lowest BCUT2D eigenvalue weighted by Gasteiger charge is -2.28. The molecule has 2 unspecified atom stereocenters. The first kappa shape index (κ1) is 91.7. The Kier molecular flexibility index (Phi) is 73.1. The van der Waals surface area contributed by atoms with E-state index in [9.17, 15) is 19.0 Å². The van der Waals surface area contributed by atoms with Gasteiger partial charge < -0.3 is 27.9 Å². The molecular weight excluding hydrogens is 1180 g/mol. The van der Waals surface area contributed by atoms with Crippen LogP contribution in [-0.4, -0.2) is 70.0 Å². The van der Waals surface area contributed by atoms with Gasteiger partial charge in [-0.2, -0.15) is 0 Å². The standard InChI is InChI=1S/C84H158NO8P/c1-6-8-10-12-14-16-18-20-22-24-26-28-30-32-34-36-38-39-40-41-42-43-44-45-47-49-51-53-55-57-59-61-63-65-67-69-71-73-75-77-84(87)93-82(81-92-94(88,89)91-79-78-85(3,4)5)80-90-83(86)76-74-72-70-68-66-64-62-60-58-56-54-52-50-48-46-37-35-33-31-29-27-25-23-21-19-17-15-13-11-9-7-2/h8,10,14,16,20,22,25-28,82H,6-7,9,11-13,15,17-19,21,23-24,29-81H2,1-5H3/b10-8-,16-14-,22-20-,27-25-,28-26-. The van der Waals surface area contributed by atoms with Crippen molar-refractivity contribution in [3.8, 4) is 0 Å².